The lowest BCUT2D eigenvalue weighted by Crippen LogP contribution is -2.29. The number of hydrogen-bond acceptors (Lipinski definition) is 5. The Morgan fingerprint density at radius 3 is 2.69 bits per heavy atom. The first-order valence-corrected chi connectivity index (χ1v) is 9.23. The number of ether oxygens (including phenoxy) is 1. The molecule has 0 aliphatic carbocycles. The van der Waals surface area contributed by atoms with Crippen LogP contribution in [0.15, 0.2) is 53.4 Å². The molecule has 0 radical (unpaired) electrons. The number of rotatable bonds is 8. The lowest BCUT2D eigenvalue weighted by molar-refractivity contribution is -0.124. The van der Waals surface area contributed by atoms with Crippen molar-refractivity contribution in [2.45, 2.75) is 17.1 Å². The lowest BCUT2D eigenvalue weighted by Gasteiger charge is -2.07. The van der Waals surface area contributed by atoms with Gasteiger partial charge in [-0.15, -0.1) is 11.8 Å². The molecule has 1 amide bonds. The van der Waals surface area contributed by atoms with Crippen molar-refractivity contribution in [3.8, 4) is 6.07 Å². The van der Waals surface area contributed by atoms with Gasteiger partial charge in [0.05, 0.1) is 18.1 Å². The second-order valence-electron chi connectivity index (χ2n) is 5.28. The molecule has 0 atom stereocenters. The van der Waals surface area contributed by atoms with Crippen LogP contribution >= 0.6 is 23.4 Å². The van der Waals surface area contributed by atoms with Gasteiger partial charge in [-0.1, -0.05) is 23.7 Å². The Morgan fingerprint density at radius 1 is 1.19 bits per heavy atom. The summed E-state index contributed by atoms with van der Waals surface area (Å²) in [5.74, 6) is -0.293. The van der Waals surface area contributed by atoms with Crippen molar-refractivity contribution < 1.29 is 14.3 Å². The maximum absolute atomic E-state index is 12.1. The number of thioether (sulfide) groups is 1. The Morgan fingerprint density at radius 2 is 1.96 bits per heavy atom. The number of carbonyl (C=O) groups is 2. The normalized spacial score (nSPS) is 10.0. The standard InChI is InChI=1S/C19H17ClN2O3S/c20-16-5-7-17(8-6-16)26-13-14-3-1-4-15(11-14)19(24)25-12-18(23)22-10-2-9-21/h1,3-8,11H,2,10,12-13H2,(H,22,23). The predicted octanol–water partition coefficient (Wildman–Crippen LogP) is 3.82. The highest BCUT2D eigenvalue weighted by atomic mass is 35.5. The smallest absolute Gasteiger partial charge is 0.338 e. The number of nitriles is 1. The zero-order chi connectivity index (χ0) is 18.8. The first-order chi connectivity index (χ1) is 12.6. The summed E-state index contributed by atoms with van der Waals surface area (Å²) in [5, 5.41) is 11.6. The minimum absolute atomic E-state index is 0.215. The Labute approximate surface area is 161 Å². The Kier molecular flexibility index (Phi) is 8.00. The molecule has 0 heterocycles. The molecular formula is C19H17ClN2O3S. The monoisotopic (exact) mass is 388 g/mol. The third-order valence-corrected chi connectivity index (χ3v) is 4.61. The van der Waals surface area contributed by atoms with Crippen molar-refractivity contribution in [2.24, 2.45) is 0 Å². The zero-order valence-corrected chi connectivity index (χ0v) is 15.5. The van der Waals surface area contributed by atoms with Crippen LogP contribution < -0.4 is 5.32 Å². The van der Waals surface area contributed by atoms with Gasteiger partial charge < -0.3 is 10.1 Å². The molecule has 0 saturated heterocycles. The summed E-state index contributed by atoms with van der Waals surface area (Å²) in [5.41, 5.74) is 1.36. The molecule has 0 unspecified atom stereocenters. The van der Waals surface area contributed by atoms with E-state index in [9.17, 15) is 9.59 Å². The van der Waals surface area contributed by atoms with Crippen molar-refractivity contribution in [3.05, 3.63) is 64.7 Å². The average Bonchev–Trinajstić information content (AvgIpc) is 2.66. The van der Waals surface area contributed by atoms with Gasteiger partial charge in [0.15, 0.2) is 6.61 Å². The zero-order valence-electron chi connectivity index (χ0n) is 13.9. The summed E-state index contributed by atoms with van der Waals surface area (Å²) in [6.07, 6.45) is 0.215. The number of carbonyl (C=O) groups excluding carboxylic acids is 2. The highest BCUT2D eigenvalue weighted by Gasteiger charge is 2.10. The van der Waals surface area contributed by atoms with Crippen LogP contribution in [-0.2, 0) is 15.3 Å². The molecule has 0 saturated carbocycles. The fourth-order valence-electron chi connectivity index (χ4n) is 2.01. The Hall–Kier alpha value is -2.49. The molecule has 0 spiro atoms. The molecule has 0 aliphatic heterocycles. The van der Waals surface area contributed by atoms with E-state index in [1.165, 1.54) is 0 Å². The van der Waals surface area contributed by atoms with Crippen molar-refractivity contribution in [2.75, 3.05) is 13.2 Å². The van der Waals surface area contributed by atoms with Gasteiger partial charge in [0.25, 0.3) is 5.91 Å². The largest absolute Gasteiger partial charge is 0.452 e. The van der Waals surface area contributed by atoms with E-state index < -0.39 is 11.9 Å². The number of nitrogens with zero attached hydrogens (tertiary/aromatic N) is 1. The molecule has 0 aromatic heterocycles. The minimum Gasteiger partial charge on any atom is -0.452 e. The van der Waals surface area contributed by atoms with E-state index in [4.69, 9.17) is 21.6 Å². The third-order valence-electron chi connectivity index (χ3n) is 3.28. The van der Waals surface area contributed by atoms with Crippen LogP contribution in [0.4, 0.5) is 0 Å². The summed E-state index contributed by atoms with van der Waals surface area (Å²) in [7, 11) is 0. The summed E-state index contributed by atoms with van der Waals surface area (Å²) < 4.78 is 5.00. The fraction of sp³-hybridized carbons (Fsp3) is 0.211. The number of amides is 1. The van der Waals surface area contributed by atoms with Crippen LogP contribution in [0, 0.1) is 11.3 Å². The predicted molar refractivity (Wildman–Crippen MR) is 101 cm³/mol. The fourth-order valence-corrected chi connectivity index (χ4v) is 2.98. The topological polar surface area (TPSA) is 79.2 Å². The van der Waals surface area contributed by atoms with Crippen LogP contribution in [0.1, 0.15) is 22.3 Å². The number of esters is 1. The van der Waals surface area contributed by atoms with Gasteiger partial charge in [0.2, 0.25) is 0 Å². The number of benzene rings is 2. The second-order valence-corrected chi connectivity index (χ2v) is 6.76. The summed E-state index contributed by atoms with van der Waals surface area (Å²) >= 11 is 7.50. The van der Waals surface area contributed by atoms with Gasteiger partial charge in [-0.2, -0.15) is 5.26 Å². The summed E-state index contributed by atoms with van der Waals surface area (Å²) in [6, 6.07) is 16.6. The number of hydrogen-bond donors (Lipinski definition) is 1. The summed E-state index contributed by atoms with van der Waals surface area (Å²) in [4.78, 5) is 24.6. The quantitative estimate of drug-likeness (QED) is 0.422. The molecule has 2 aromatic rings. The minimum atomic E-state index is -0.557. The second kappa shape index (κ2) is 10.5. The van der Waals surface area contributed by atoms with Crippen LogP contribution in [0.3, 0.4) is 0 Å². The van der Waals surface area contributed by atoms with Gasteiger partial charge in [-0.25, -0.2) is 4.79 Å². The average molecular weight is 389 g/mol. The molecule has 2 aromatic carbocycles. The lowest BCUT2D eigenvalue weighted by atomic mass is 10.1. The highest BCUT2D eigenvalue weighted by Crippen LogP contribution is 2.24. The first kappa shape index (κ1) is 19.8. The van der Waals surface area contributed by atoms with E-state index in [0.29, 0.717) is 16.3 Å². The highest BCUT2D eigenvalue weighted by molar-refractivity contribution is 7.98. The van der Waals surface area contributed by atoms with Gasteiger partial charge >= 0.3 is 5.97 Å². The molecule has 7 heteroatoms. The maximum Gasteiger partial charge on any atom is 0.338 e. The van der Waals surface area contributed by atoms with E-state index in [-0.39, 0.29) is 19.6 Å². The van der Waals surface area contributed by atoms with Crippen molar-refractivity contribution in [1.82, 2.24) is 5.32 Å². The maximum atomic E-state index is 12.1. The van der Waals surface area contributed by atoms with Crippen molar-refractivity contribution in [1.29, 1.82) is 5.26 Å². The van der Waals surface area contributed by atoms with Gasteiger partial charge in [0, 0.05) is 22.2 Å². The van der Waals surface area contributed by atoms with E-state index in [1.54, 1.807) is 30.0 Å². The van der Waals surface area contributed by atoms with Gasteiger partial charge in [0.1, 0.15) is 0 Å². The van der Waals surface area contributed by atoms with Crippen LogP contribution in [0.25, 0.3) is 0 Å². The van der Waals surface area contributed by atoms with E-state index in [1.807, 2.05) is 36.4 Å². The molecule has 26 heavy (non-hydrogen) atoms. The van der Waals surface area contributed by atoms with Crippen LogP contribution in [0.2, 0.25) is 5.02 Å². The number of halogens is 1. The van der Waals surface area contributed by atoms with Crippen LogP contribution in [0.5, 0.6) is 0 Å². The molecular weight excluding hydrogens is 372 g/mol. The van der Waals surface area contributed by atoms with Crippen molar-refractivity contribution in [3.63, 3.8) is 0 Å². The SMILES string of the molecule is N#CCCNC(=O)COC(=O)c1cccc(CSc2ccc(Cl)cc2)c1. The van der Waals surface area contributed by atoms with E-state index in [0.717, 1.165) is 10.5 Å². The molecule has 0 fully saturated rings. The van der Waals surface area contributed by atoms with Gasteiger partial charge in [-0.3, -0.25) is 4.79 Å². The third kappa shape index (κ3) is 6.79. The molecule has 5 nitrogen and oxygen atoms in total. The Bertz CT molecular complexity index is 803. The molecule has 0 bridgehead atoms. The molecule has 1 N–H and O–H groups in total. The molecule has 134 valence electrons. The van der Waals surface area contributed by atoms with Gasteiger partial charge in [-0.05, 0) is 42.0 Å². The van der Waals surface area contributed by atoms with Crippen molar-refractivity contribution >= 4 is 35.2 Å². The summed E-state index contributed by atoms with van der Waals surface area (Å²) in [6.45, 7) is -0.127. The first-order valence-electron chi connectivity index (χ1n) is 7.86. The Balaban J connectivity index is 1.85. The number of nitrogens with one attached hydrogen (secondary N) is 1. The molecule has 0 aliphatic rings. The van der Waals surface area contributed by atoms with E-state index >= 15 is 0 Å². The molecule has 2 rings (SSSR count). The van der Waals surface area contributed by atoms with E-state index in [2.05, 4.69) is 5.32 Å². The van der Waals surface area contributed by atoms with Crippen LogP contribution in [-0.4, -0.2) is 25.0 Å².